The number of Topliss-reactive ketones (excluding diaryl/α,β-unsaturated/α-hetero) is 1. The summed E-state index contributed by atoms with van der Waals surface area (Å²) >= 11 is 5.86. The Balaban J connectivity index is 2.12. The zero-order valence-corrected chi connectivity index (χ0v) is 13.1. The monoisotopic (exact) mass is 350 g/mol. The SMILES string of the molecule is Cc1ccc(C(=O)COc2ccc([N+](=O)[O-])cc2Cl)cc1[N+](=O)[O-]. The molecule has 0 bridgehead atoms. The van der Waals surface area contributed by atoms with Crippen molar-refractivity contribution in [2.75, 3.05) is 6.61 Å². The molecule has 0 heterocycles. The molecule has 0 aromatic heterocycles. The first-order valence-electron chi connectivity index (χ1n) is 6.64. The van der Waals surface area contributed by atoms with E-state index in [1.54, 1.807) is 6.92 Å². The molecular weight excluding hydrogens is 340 g/mol. The molecule has 0 spiro atoms. The molecule has 0 fully saturated rings. The molecule has 2 rings (SSSR count). The van der Waals surface area contributed by atoms with Crippen LogP contribution in [0.25, 0.3) is 0 Å². The highest BCUT2D eigenvalue weighted by molar-refractivity contribution is 6.32. The van der Waals surface area contributed by atoms with Gasteiger partial charge in [-0.2, -0.15) is 0 Å². The van der Waals surface area contributed by atoms with E-state index in [9.17, 15) is 25.0 Å². The summed E-state index contributed by atoms with van der Waals surface area (Å²) in [6, 6.07) is 7.71. The largest absolute Gasteiger partial charge is 0.484 e. The fourth-order valence-electron chi connectivity index (χ4n) is 1.93. The molecule has 24 heavy (non-hydrogen) atoms. The van der Waals surface area contributed by atoms with Crippen LogP contribution in [0, 0.1) is 27.2 Å². The highest BCUT2D eigenvalue weighted by Crippen LogP contribution is 2.29. The predicted octanol–water partition coefficient (Wildman–Crippen LogP) is 3.73. The van der Waals surface area contributed by atoms with Crippen molar-refractivity contribution in [2.45, 2.75) is 6.92 Å². The molecule has 2 aromatic rings. The summed E-state index contributed by atoms with van der Waals surface area (Å²) in [6.07, 6.45) is 0. The molecule has 2 aromatic carbocycles. The second kappa shape index (κ2) is 7.05. The number of non-ortho nitro benzene ring substituents is 1. The minimum absolute atomic E-state index is 0.00751. The fraction of sp³-hybridized carbons (Fsp3) is 0.133. The number of hydrogen-bond acceptors (Lipinski definition) is 6. The van der Waals surface area contributed by atoms with Gasteiger partial charge in [0.2, 0.25) is 0 Å². The second-order valence-corrected chi connectivity index (χ2v) is 5.25. The summed E-state index contributed by atoms with van der Waals surface area (Å²) in [5.74, 6) is -0.371. The topological polar surface area (TPSA) is 113 Å². The Kier molecular flexibility index (Phi) is 5.10. The van der Waals surface area contributed by atoms with Crippen LogP contribution in [0.1, 0.15) is 15.9 Å². The maximum absolute atomic E-state index is 12.1. The van der Waals surface area contributed by atoms with Crippen molar-refractivity contribution in [2.24, 2.45) is 0 Å². The number of rotatable bonds is 6. The van der Waals surface area contributed by atoms with Gasteiger partial charge in [0.05, 0.1) is 14.9 Å². The summed E-state index contributed by atoms with van der Waals surface area (Å²) in [4.78, 5) is 32.4. The first kappa shape index (κ1) is 17.4. The molecule has 124 valence electrons. The lowest BCUT2D eigenvalue weighted by molar-refractivity contribution is -0.385. The Bertz CT molecular complexity index is 837. The van der Waals surface area contributed by atoms with E-state index in [1.165, 1.54) is 30.3 Å². The van der Waals surface area contributed by atoms with Crippen LogP contribution in [-0.2, 0) is 0 Å². The third kappa shape index (κ3) is 3.85. The number of benzene rings is 2. The fourth-order valence-corrected chi connectivity index (χ4v) is 2.16. The summed E-state index contributed by atoms with van der Waals surface area (Å²) in [5.41, 5.74) is 0.211. The molecule has 0 aliphatic rings. The molecule has 0 atom stereocenters. The van der Waals surface area contributed by atoms with Crippen LogP contribution in [0.5, 0.6) is 5.75 Å². The molecule has 0 saturated heterocycles. The van der Waals surface area contributed by atoms with Crippen LogP contribution in [0.2, 0.25) is 5.02 Å². The summed E-state index contributed by atoms with van der Waals surface area (Å²) in [7, 11) is 0. The minimum Gasteiger partial charge on any atom is -0.484 e. The highest BCUT2D eigenvalue weighted by Gasteiger charge is 2.16. The Hall–Kier alpha value is -3.00. The van der Waals surface area contributed by atoms with Gasteiger partial charge in [0.1, 0.15) is 5.75 Å². The van der Waals surface area contributed by atoms with Crippen molar-refractivity contribution in [3.8, 4) is 5.75 Å². The van der Waals surface area contributed by atoms with E-state index in [4.69, 9.17) is 16.3 Å². The van der Waals surface area contributed by atoms with Gasteiger partial charge in [-0.1, -0.05) is 23.7 Å². The number of aryl methyl sites for hydroxylation is 1. The summed E-state index contributed by atoms with van der Waals surface area (Å²) in [5, 5.41) is 21.5. The molecule has 8 nitrogen and oxygen atoms in total. The molecule has 0 amide bonds. The number of nitro benzene ring substituents is 2. The van der Waals surface area contributed by atoms with E-state index in [0.717, 1.165) is 6.07 Å². The van der Waals surface area contributed by atoms with Crippen molar-refractivity contribution < 1.29 is 19.4 Å². The van der Waals surface area contributed by atoms with Crippen molar-refractivity contribution >= 4 is 28.8 Å². The van der Waals surface area contributed by atoms with Gasteiger partial charge in [-0.25, -0.2) is 0 Å². The number of carbonyl (C=O) groups is 1. The first-order valence-corrected chi connectivity index (χ1v) is 7.02. The number of carbonyl (C=O) groups excluding carboxylic acids is 1. The minimum atomic E-state index is -0.605. The van der Waals surface area contributed by atoms with Crippen molar-refractivity contribution in [3.05, 3.63) is 72.8 Å². The van der Waals surface area contributed by atoms with Crippen LogP contribution in [-0.4, -0.2) is 22.2 Å². The number of ketones is 1. The van der Waals surface area contributed by atoms with E-state index in [1.807, 2.05) is 0 Å². The van der Waals surface area contributed by atoms with Gasteiger partial charge in [0.15, 0.2) is 12.4 Å². The normalized spacial score (nSPS) is 10.2. The molecular formula is C15H11ClN2O6. The average molecular weight is 351 g/mol. The molecule has 0 unspecified atom stereocenters. The van der Waals surface area contributed by atoms with Crippen LogP contribution >= 0.6 is 11.6 Å². The van der Waals surface area contributed by atoms with Gasteiger partial charge in [0.25, 0.3) is 11.4 Å². The van der Waals surface area contributed by atoms with Gasteiger partial charge in [0, 0.05) is 29.3 Å². The van der Waals surface area contributed by atoms with Gasteiger partial charge >= 0.3 is 0 Å². The van der Waals surface area contributed by atoms with E-state index in [-0.39, 0.29) is 27.7 Å². The number of nitrogens with zero attached hydrogens (tertiary/aromatic N) is 2. The molecule has 0 radical (unpaired) electrons. The highest BCUT2D eigenvalue weighted by atomic mass is 35.5. The van der Waals surface area contributed by atoms with E-state index >= 15 is 0 Å². The van der Waals surface area contributed by atoms with E-state index < -0.39 is 22.2 Å². The molecule has 0 N–H and O–H groups in total. The van der Waals surface area contributed by atoms with E-state index in [2.05, 4.69) is 0 Å². The average Bonchev–Trinajstić information content (AvgIpc) is 2.53. The van der Waals surface area contributed by atoms with Gasteiger partial charge in [-0.15, -0.1) is 0 Å². The van der Waals surface area contributed by atoms with Crippen molar-refractivity contribution in [3.63, 3.8) is 0 Å². The third-order valence-electron chi connectivity index (χ3n) is 3.21. The maximum Gasteiger partial charge on any atom is 0.273 e. The van der Waals surface area contributed by atoms with Crippen LogP contribution in [0.4, 0.5) is 11.4 Å². The summed E-state index contributed by atoms with van der Waals surface area (Å²) < 4.78 is 5.24. The summed E-state index contributed by atoms with van der Waals surface area (Å²) in [6.45, 7) is 1.16. The number of nitro groups is 2. The molecule has 0 aliphatic heterocycles. The maximum atomic E-state index is 12.1. The Morgan fingerprint density at radius 1 is 1.12 bits per heavy atom. The van der Waals surface area contributed by atoms with Crippen LogP contribution in [0.15, 0.2) is 36.4 Å². The lowest BCUT2D eigenvalue weighted by Crippen LogP contribution is -2.12. The molecule has 0 aliphatic carbocycles. The van der Waals surface area contributed by atoms with Gasteiger partial charge in [-0.3, -0.25) is 25.0 Å². The Morgan fingerprint density at radius 3 is 2.42 bits per heavy atom. The van der Waals surface area contributed by atoms with Crippen LogP contribution in [0.3, 0.4) is 0 Å². The lowest BCUT2D eigenvalue weighted by atomic mass is 10.1. The number of hydrogen-bond donors (Lipinski definition) is 0. The van der Waals surface area contributed by atoms with Crippen molar-refractivity contribution in [1.29, 1.82) is 0 Å². The van der Waals surface area contributed by atoms with Crippen molar-refractivity contribution in [1.82, 2.24) is 0 Å². The molecule has 9 heteroatoms. The number of ether oxygens (including phenoxy) is 1. The smallest absolute Gasteiger partial charge is 0.273 e. The molecule has 0 saturated carbocycles. The Labute approximate surface area is 140 Å². The predicted molar refractivity (Wildman–Crippen MR) is 85.8 cm³/mol. The van der Waals surface area contributed by atoms with Crippen LogP contribution < -0.4 is 4.74 Å². The van der Waals surface area contributed by atoms with Gasteiger partial charge < -0.3 is 4.74 Å². The standard InChI is InChI=1S/C15H11ClN2O6/c1-9-2-3-10(6-13(9)18(22)23)14(19)8-24-15-5-4-11(17(20)21)7-12(15)16/h2-7H,8H2,1H3. The van der Waals surface area contributed by atoms with Gasteiger partial charge in [-0.05, 0) is 13.0 Å². The lowest BCUT2D eigenvalue weighted by Gasteiger charge is -2.07. The Morgan fingerprint density at radius 2 is 1.83 bits per heavy atom. The second-order valence-electron chi connectivity index (χ2n) is 4.84. The number of halogens is 1. The quantitative estimate of drug-likeness (QED) is 0.445. The first-order chi connectivity index (χ1) is 11.3. The zero-order valence-electron chi connectivity index (χ0n) is 12.4. The van der Waals surface area contributed by atoms with E-state index in [0.29, 0.717) is 5.56 Å². The third-order valence-corrected chi connectivity index (χ3v) is 3.51. The zero-order chi connectivity index (χ0) is 17.9.